The molecule has 0 aliphatic carbocycles. The lowest BCUT2D eigenvalue weighted by molar-refractivity contribution is -0.380. The molecule has 0 fully saturated rings. The summed E-state index contributed by atoms with van der Waals surface area (Å²) in [4.78, 5) is 10.3. The monoisotopic (exact) mass is 193 g/mol. The highest BCUT2D eigenvalue weighted by Crippen LogP contribution is 2.35. The summed E-state index contributed by atoms with van der Waals surface area (Å²) in [5.41, 5.74) is 0.769. The molecule has 0 N–H and O–H groups in total. The molecule has 2 rings (SSSR count). The molecule has 13 heavy (non-hydrogen) atoms. The topological polar surface area (TPSA) is 43.1 Å². The van der Waals surface area contributed by atoms with Crippen LogP contribution in [0.15, 0.2) is 24.3 Å². The van der Waals surface area contributed by atoms with Gasteiger partial charge in [-0.05, 0) is 13.0 Å². The van der Waals surface area contributed by atoms with Crippen molar-refractivity contribution >= 4 is 26.4 Å². The second kappa shape index (κ2) is 2.81. The van der Waals surface area contributed by atoms with Crippen molar-refractivity contribution < 1.29 is 4.92 Å². The van der Waals surface area contributed by atoms with Crippen LogP contribution in [-0.4, -0.2) is 4.92 Å². The van der Waals surface area contributed by atoms with E-state index < -0.39 is 0 Å². The third-order valence-electron chi connectivity index (χ3n) is 1.98. The molecule has 0 unspecified atom stereocenters. The second-order valence-electron chi connectivity index (χ2n) is 2.79. The number of benzene rings is 1. The Morgan fingerprint density at radius 3 is 2.69 bits per heavy atom. The average Bonchev–Trinajstić information content (AvgIpc) is 2.45. The highest BCUT2D eigenvalue weighted by Gasteiger charge is 2.16. The lowest BCUT2D eigenvalue weighted by atomic mass is 10.2. The Hall–Kier alpha value is -1.42. The Balaban J connectivity index is 2.81. The molecular weight excluding hydrogens is 186 g/mol. The number of rotatable bonds is 1. The van der Waals surface area contributed by atoms with Gasteiger partial charge in [-0.25, -0.2) is 0 Å². The van der Waals surface area contributed by atoms with Crippen LogP contribution in [0, 0.1) is 17.0 Å². The molecule has 0 saturated heterocycles. The smallest absolute Gasteiger partial charge is 0.258 e. The third-order valence-corrected chi connectivity index (χ3v) is 3.21. The van der Waals surface area contributed by atoms with Gasteiger partial charge >= 0.3 is 5.00 Å². The normalized spacial score (nSPS) is 10.5. The van der Waals surface area contributed by atoms with E-state index in [0.29, 0.717) is 0 Å². The predicted molar refractivity (Wildman–Crippen MR) is 53.2 cm³/mol. The molecule has 4 heteroatoms. The first kappa shape index (κ1) is 8.19. The van der Waals surface area contributed by atoms with Crippen molar-refractivity contribution in [3.63, 3.8) is 0 Å². The molecule has 0 aliphatic rings. The summed E-state index contributed by atoms with van der Waals surface area (Å²) >= 11 is 1.23. The molecule has 1 heterocycles. The summed E-state index contributed by atoms with van der Waals surface area (Å²) in [6.07, 6.45) is 0. The summed E-state index contributed by atoms with van der Waals surface area (Å²) in [6, 6.07) is 7.60. The van der Waals surface area contributed by atoms with Gasteiger partial charge in [-0.1, -0.05) is 29.5 Å². The first-order chi connectivity index (χ1) is 6.20. The molecule has 3 nitrogen and oxygen atoms in total. The summed E-state index contributed by atoms with van der Waals surface area (Å²) in [5, 5.41) is 11.8. The zero-order valence-corrected chi connectivity index (χ0v) is 7.80. The molecule has 0 bridgehead atoms. The van der Waals surface area contributed by atoms with Crippen LogP contribution < -0.4 is 0 Å². The molecule has 0 radical (unpaired) electrons. The van der Waals surface area contributed by atoms with Crippen molar-refractivity contribution in [1.82, 2.24) is 0 Å². The van der Waals surface area contributed by atoms with Crippen LogP contribution in [-0.2, 0) is 0 Å². The largest absolute Gasteiger partial charge is 0.328 e. The zero-order valence-electron chi connectivity index (χ0n) is 6.98. The van der Waals surface area contributed by atoms with Crippen LogP contribution in [0.1, 0.15) is 5.56 Å². The van der Waals surface area contributed by atoms with E-state index in [1.165, 1.54) is 11.3 Å². The van der Waals surface area contributed by atoms with Crippen molar-refractivity contribution in [3.05, 3.63) is 39.9 Å². The van der Waals surface area contributed by atoms with E-state index in [-0.39, 0.29) is 9.92 Å². The van der Waals surface area contributed by atoms with Crippen LogP contribution in [0.4, 0.5) is 5.00 Å². The van der Waals surface area contributed by atoms with Crippen LogP contribution in [0.25, 0.3) is 10.1 Å². The fraction of sp³-hybridized carbons (Fsp3) is 0.111. The van der Waals surface area contributed by atoms with Crippen LogP contribution in [0.2, 0.25) is 0 Å². The number of nitrogens with zero attached hydrogens (tertiary/aromatic N) is 1. The molecular formula is C9H7NO2S. The fourth-order valence-corrected chi connectivity index (χ4v) is 2.36. The summed E-state index contributed by atoms with van der Waals surface area (Å²) in [6.45, 7) is 1.79. The molecule has 1 aromatic carbocycles. The minimum Gasteiger partial charge on any atom is -0.258 e. The highest BCUT2D eigenvalue weighted by atomic mass is 32.1. The number of hydrogen-bond acceptors (Lipinski definition) is 3. The van der Waals surface area contributed by atoms with Crippen LogP contribution in [0.3, 0.4) is 0 Å². The summed E-state index contributed by atoms with van der Waals surface area (Å²) in [7, 11) is 0. The molecule has 0 saturated carbocycles. The van der Waals surface area contributed by atoms with Crippen molar-refractivity contribution in [2.45, 2.75) is 6.92 Å². The standard InChI is InChI=1S/C9H7NO2S/c1-6-7-4-2-3-5-8(7)13-9(6)10(11)12/h2-5H,1H3. The average molecular weight is 193 g/mol. The minimum absolute atomic E-state index is 0.251. The van der Waals surface area contributed by atoms with Crippen molar-refractivity contribution in [1.29, 1.82) is 0 Å². The van der Waals surface area contributed by atoms with Gasteiger partial charge < -0.3 is 0 Å². The molecule has 66 valence electrons. The minimum atomic E-state index is -0.319. The fourth-order valence-electron chi connectivity index (χ4n) is 1.34. The summed E-state index contributed by atoms with van der Waals surface area (Å²) < 4.78 is 0.978. The number of thiophene rings is 1. The van der Waals surface area contributed by atoms with Gasteiger partial charge in [0.15, 0.2) is 0 Å². The van der Waals surface area contributed by atoms with Gasteiger partial charge in [0.05, 0.1) is 4.92 Å². The number of hydrogen-bond donors (Lipinski definition) is 0. The van der Waals surface area contributed by atoms with Gasteiger partial charge in [0.1, 0.15) is 0 Å². The first-order valence-corrected chi connectivity index (χ1v) is 4.64. The van der Waals surface area contributed by atoms with E-state index in [1.54, 1.807) is 6.92 Å². The second-order valence-corrected chi connectivity index (χ2v) is 3.82. The Labute approximate surface area is 78.8 Å². The van der Waals surface area contributed by atoms with E-state index in [0.717, 1.165) is 15.6 Å². The number of aryl methyl sites for hydroxylation is 1. The molecule has 0 atom stereocenters. The number of nitro groups is 1. The lowest BCUT2D eigenvalue weighted by Gasteiger charge is -1.87. The Kier molecular flexibility index (Phi) is 1.77. The van der Waals surface area contributed by atoms with Gasteiger partial charge in [0.2, 0.25) is 0 Å². The molecule has 0 spiro atoms. The van der Waals surface area contributed by atoms with E-state index in [1.807, 2.05) is 24.3 Å². The zero-order chi connectivity index (χ0) is 9.42. The van der Waals surface area contributed by atoms with E-state index >= 15 is 0 Å². The van der Waals surface area contributed by atoms with Crippen molar-refractivity contribution in [3.8, 4) is 0 Å². The van der Waals surface area contributed by atoms with Gasteiger partial charge in [-0.3, -0.25) is 10.1 Å². The van der Waals surface area contributed by atoms with Gasteiger partial charge in [0.25, 0.3) is 0 Å². The van der Waals surface area contributed by atoms with Crippen molar-refractivity contribution in [2.75, 3.05) is 0 Å². The Morgan fingerprint density at radius 1 is 1.38 bits per heavy atom. The molecule has 0 amide bonds. The maximum Gasteiger partial charge on any atom is 0.328 e. The lowest BCUT2D eigenvalue weighted by Crippen LogP contribution is -1.84. The Morgan fingerprint density at radius 2 is 2.08 bits per heavy atom. The quantitative estimate of drug-likeness (QED) is 0.516. The van der Waals surface area contributed by atoms with Crippen molar-refractivity contribution in [2.24, 2.45) is 0 Å². The molecule has 2 aromatic rings. The first-order valence-electron chi connectivity index (χ1n) is 3.82. The Bertz CT molecular complexity index is 475. The maximum absolute atomic E-state index is 10.6. The van der Waals surface area contributed by atoms with E-state index in [9.17, 15) is 10.1 Å². The van der Waals surface area contributed by atoms with Crippen LogP contribution >= 0.6 is 11.3 Å². The van der Waals surface area contributed by atoms with Gasteiger partial charge in [-0.2, -0.15) is 0 Å². The number of fused-ring (bicyclic) bond motifs is 1. The van der Waals surface area contributed by atoms with Gasteiger partial charge in [-0.15, -0.1) is 0 Å². The predicted octanol–water partition coefficient (Wildman–Crippen LogP) is 3.12. The van der Waals surface area contributed by atoms with Crippen LogP contribution in [0.5, 0.6) is 0 Å². The van der Waals surface area contributed by atoms with E-state index in [4.69, 9.17) is 0 Å². The SMILES string of the molecule is Cc1c([N+](=O)[O-])sc2ccccc12. The van der Waals surface area contributed by atoms with E-state index in [2.05, 4.69) is 0 Å². The van der Waals surface area contributed by atoms with Gasteiger partial charge in [0, 0.05) is 15.6 Å². The molecule has 0 aliphatic heterocycles. The maximum atomic E-state index is 10.6. The highest BCUT2D eigenvalue weighted by molar-refractivity contribution is 7.22. The summed E-state index contributed by atoms with van der Waals surface area (Å²) in [5.74, 6) is 0. The molecule has 1 aromatic heterocycles. The third kappa shape index (κ3) is 1.19.